The van der Waals surface area contributed by atoms with Crippen LogP contribution in [0.5, 0.6) is 0 Å². The van der Waals surface area contributed by atoms with Crippen molar-refractivity contribution in [3.05, 3.63) is 34.1 Å². The van der Waals surface area contributed by atoms with Gasteiger partial charge in [-0.1, -0.05) is 0 Å². The van der Waals surface area contributed by atoms with E-state index in [9.17, 15) is 18.7 Å². The Balaban J connectivity index is 2.07. The Morgan fingerprint density at radius 3 is 2.67 bits per heavy atom. The molecule has 0 atom stereocenters. The molecule has 0 aliphatic carbocycles. The number of nitro groups is 1. The molecule has 1 fully saturated rings. The molecule has 0 amide bonds. The molecule has 1 aromatic carbocycles. The van der Waals surface area contributed by atoms with E-state index in [0.29, 0.717) is 17.2 Å². The molecule has 1 saturated heterocycles. The lowest BCUT2D eigenvalue weighted by atomic mass is 10.1. The van der Waals surface area contributed by atoms with E-state index < -0.39 is 27.2 Å². The zero-order valence-corrected chi connectivity index (χ0v) is 10.4. The highest BCUT2D eigenvalue weighted by Crippen LogP contribution is 2.23. The molecule has 1 aromatic rings. The molecule has 1 N–H and O–H groups in total. The van der Waals surface area contributed by atoms with Crippen molar-refractivity contribution in [2.45, 2.75) is 18.9 Å². The Bertz CT molecular complexity index is 485. The number of anilines is 1. The van der Waals surface area contributed by atoms with Crippen LogP contribution in [0.25, 0.3) is 0 Å². The molecule has 0 bridgehead atoms. The predicted molar refractivity (Wildman–Crippen MR) is 67.6 cm³/mol. The van der Waals surface area contributed by atoms with Crippen molar-refractivity contribution in [3.8, 4) is 0 Å². The van der Waals surface area contributed by atoms with Gasteiger partial charge in [0.05, 0.1) is 4.92 Å². The van der Waals surface area contributed by atoms with Gasteiger partial charge < -0.3 is 5.32 Å². The third kappa shape index (κ3) is 3.04. The molecule has 98 valence electrons. The molecule has 1 aliphatic heterocycles. The van der Waals surface area contributed by atoms with Gasteiger partial charge in [-0.25, -0.2) is 0 Å². The van der Waals surface area contributed by atoms with E-state index in [1.165, 1.54) is 12.1 Å². The van der Waals surface area contributed by atoms with Crippen LogP contribution >= 0.6 is 0 Å². The Kier molecular flexibility index (Phi) is 3.90. The fraction of sp³-hybridized carbons (Fsp3) is 0.455. The minimum atomic E-state index is -0.838. The van der Waals surface area contributed by atoms with Crippen molar-refractivity contribution in [3.63, 3.8) is 0 Å². The molecule has 5 nitrogen and oxygen atoms in total. The number of benzene rings is 1. The second-order valence-electron chi connectivity index (χ2n) is 4.19. The molecule has 1 aliphatic rings. The second kappa shape index (κ2) is 5.43. The summed E-state index contributed by atoms with van der Waals surface area (Å²) in [6, 6.07) is 3.91. The summed E-state index contributed by atoms with van der Waals surface area (Å²) < 4.78 is 24.3. The van der Waals surface area contributed by atoms with Crippen LogP contribution in [0.1, 0.15) is 12.8 Å². The van der Waals surface area contributed by atoms with Crippen molar-refractivity contribution < 1.29 is 13.5 Å². The Morgan fingerprint density at radius 1 is 1.39 bits per heavy atom. The first kappa shape index (κ1) is 12.9. The number of hydrogen-bond acceptors (Lipinski definition) is 4. The molecule has 0 spiro atoms. The monoisotopic (exact) mass is 272 g/mol. The van der Waals surface area contributed by atoms with Gasteiger partial charge in [0.2, 0.25) is 5.82 Å². The molecule has 7 heteroatoms. The first-order valence-electron chi connectivity index (χ1n) is 5.61. The van der Waals surface area contributed by atoms with Gasteiger partial charge in [-0.05, 0) is 25.0 Å². The minimum absolute atomic E-state index is 0.146. The van der Waals surface area contributed by atoms with Crippen molar-refractivity contribution in [1.29, 1.82) is 0 Å². The van der Waals surface area contributed by atoms with Crippen molar-refractivity contribution in [2.24, 2.45) is 0 Å². The van der Waals surface area contributed by atoms with Crippen LogP contribution in [0.3, 0.4) is 0 Å². The highest BCUT2D eigenvalue weighted by Gasteiger charge is 2.19. The first-order valence-corrected chi connectivity index (χ1v) is 7.10. The van der Waals surface area contributed by atoms with E-state index in [1.54, 1.807) is 0 Å². The molecule has 2 rings (SSSR count). The van der Waals surface area contributed by atoms with Crippen LogP contribution in [0.2, 0.25) is 0 Å². The maximum Gasteiger partial charge on any atom is 0.306 e. The summed E-state index contributed by atoms with van der Waals surface area (Å²) in [5.74, 6) is 0.442. The molecular formula is C11H13FN2O3S. The van der Waals surface area contributed by atoms with Crippen LogP contribution in [0.15, 0.2) is 18.2 Å². The van der Waals surface area contributed by atoms with Gasteiger partial charge in [-0.3, -0.25) is 14.3 Å². The average molecular weight is 272 g/mol. The molecular weight excluding hydrogens is 259 g/mol. The van der Waals surface area contributed by atoms with Gasteiger partial charge in [0, 0.05) is 40.1 Å². The highest BCUT2D eigenvalue weighted by molar-refractivity contribution is 7.85. The van der Waals surface area contributed by atoms with Crippen LogP contribution in [0.4, 0.5) is 15.8 Å². The number of rotatable bonds is 3. The van der Waals surface area contributed by atoms with Gasteiger partial charge >= 0.3 is 5.69 Å². The molecule has 0 unspecified atom stereocenters. The van der Waals surface area contributed by atoms with Gasteiger partial charge in [0.15, 0.2) is 0 Å². The van der Waals surface area contributed by atoms with Crippen LogP contribution in [-0.4, -0.2) is 26.7 Å². The average Bonchev–Trinajstić information content (AvgIpc) is 2.34. The summed E-state index contributed by atoms with van der Waals surface area (Å²) in [7, 11) is -0.743. The number of nitro benzene ring substituents is 1. The maximum atomic E-state index is 13.1. The molecule has 0 saturated carbocycles. The zero-order chi connectivity index (χ0) is 13.1. The highest BCUT2D eigenvalue weighted by atomic mass is 32.2. The van der Waals surface area contributed by atoms with E-state index >= 15 is 0 Å². The number of hydrogen-bond donors (Lipinski definition) is 1. The lowest BCUT2D eigenvalue weighted by molar-refractivity contribution is -0.387. The normalized spacial score (nSPS) is 23.6. The zero-order valence-electron chi connectivity index (χ0n) is 9.60. The molecule has 0 radical (unpaired) electrons. The lowest BCUT2D eigenvalue weighted by Crippen LogP contribution is -2.29. The summed E-state index contributed by atoms with van der Waals surface area (Å²) in [5, 5.41) is 13.7. The van der Waals surface area contributed by atoms with Gasteiger partial charge in [0.1, 0.15) is 0 Å². The summed E-state index contributed by atoms with van der Waals surface area (Å²) in [4.78, 5) is 9.87. The Labute approximate surface area is 106 Å². The van der Waals surface area contributed by atoms with Crippen molar-refractivity contribution in [1.82, 2.24) is 0 Å². The summed E-state index contributed by atoms with van der Waals surface area (Å²) >= 11 is 0. The molecule has 18 heavy (non-hydrogen) atoms. The van der Waals surface area contributed by atoms with E-state index in [1.807, 2.05) is 0 Å². The predicted octanol–water partition coefficient (Wildman–Crippen LogP) is 2.06. The topological polar surface area (TPSA) is 72.2 Å². The molecule has 0 aromatic heterocycles. The minimum Gasteiger partial charge on any atom is -0.382 e. The van der Waals surface area contributed by atoms with Gasteiger partial charge in [-0.15, -0.1) is 0 Å². The van der Waals surface area contributed by atoms with Gasteiger partial charge in [0.25, 0.3) is 0 Å². The lowest BCUT2D eigenvalue weighted by Gasteiger charge is -2.23. The standard InChI is InChI=1S/C11H13FN2O3S/c12-10-2-1-9(7-11(10)14(15)16)13-8-3-5-18(17)6-4-8/h1-2,7-8,13H,3-6H2. The van der Waals surface area contributed by atoms with Crippen LogP contribution in [-0.2, 0) is 10.8 Å². The summed E-state index contributed by atoms with van der Waals surface area (Å²) in [6.45, 7) is 0. The number of nitrogens with zero attached hydrogens (tertiary/aromatic N) is 1. The SMILES string of the molecule is O=[N+]([O-])c1cc(NC2CCS(=O)CC2)ccc1F. The fourth-order valence-corrected chi connectivity index (χ4v) is 3.22. The number of halogens is 1. The maximum absolute atomic E-state index is 13.1. The second-order valence-corrected chi connectivity index (χ2v) is 5.89. The van der Waals surface area contributed by atoms with E-state index in [0.717, 1.165) is 18.9 Å². The fourth-order valence-electron chi connectivity index (χ4n) is 1.92. The van der Waals surface area contributed by atoms with Crippen LogP contribution < -0.4 is 5.32 Å². The summed E-state index contributed by atoms with van der Waals surface area (Å²) in [6.07, 6.45) is 1.52. The summed E-state index contributed by atoms with van der Waals surface area (Å²) in [5.41, 5.74) is 0.000156. The van der Waals surface area contributed by atoms with Gasteiger partial charge in [-0.2, -0.15) is 4.39 Å². The first-order chi connectivity index (χ1) is 8.56. The quantitative estimate of drug-likeness (QED) is 0.675. The smallest absolute Gasteiger partial charge is 0.306 e. The third-order valence-corrected chi connectivity index (χ3v) is 4.28. The van der Waals surface area contributed by atoms with E-state index in [-0.39, 0.29) is 6.04 Å². The molecule has 1 heterocycles. The van der Waals surface area contributed by atoms with Crippen molar-refractivity contribution >= 4 is 22.2 Å². The van der Waals surface area contributed by atoms with E-state index in [2.05, 4.69) is 5.32 Å². The third-order valence-electron chi connectivity index (χ3n) is 2.90. The Morgan fingerprint density at radius 2 is 2.06 bits per heavy atom. The largest absolute Gasteiger partial charge is 0.382 e. The van der Waals surface area contributed by atoms with Crippen molar-refractivity contribution in [2.75, 3.05) is 16.8 Å². The van der Waals surface area contributed by atoms with Crippen LogP contribution in [0, 0.1) is 15.9 Å². The van der Waals surface area contributed by atoms with E-state index in [4.69, 9.17) is 0 Å². The number of nitrogens with one attached hydrogen (secondary N) is 1. The Hall–Kier alpha value is -1.50.